The van der Waals surface area contributed by atoms with Crippen molar-refractivity contribution in [3.8, 4) is 17.2 Å². The molecule has 2 aromatic carbocycles. The quantitative estimate of drug-likeness (QED) is 0.508. The number of hydrogen-bond acceptors (Lipinski definition) is 6. The molecule has 0 aliphatic carbocycles. The largest absolute Gasteiger partial charge is 0.493 e. The van der Waals surface area contributed by atoms with Crippen molar-refractivity contribution in [3.63, 3.8) is 0 Å². The minimum Gasteiger partial charge on any atom is -0.493 e. The third kappa shape index (κ3) is 5.76. The number of aliphatic hydroxyl groups excluding tert-OH is 1. The van der Waals surface area contributed by atoms with Crippen LogP contribution >= 0.6 is 11.8 Å². The summed E-state index contributed by atoms with van der Waals surface area (Å²) in [6.07, 6.45) is 3.10. The number of aromatic nitrogens is 2. The number of hydrogen-bond donors (Lipinski definition) is 1. The predicted molar refractivity (Wildman–Crippen MR) is 114 cm³/mol. The second-order valence-electron chi connectivity index (χ2n) is 6.59. The van der Waals surface area contributed by atoms with Crippen LogP contribution in [-0.4, -0.2) is 47.3 Å². The van der Waals surface area contributed by atoms with E-state index in [1.165, 1.54) is 17.3 Å². The first-order valence-corrected chi connectivity index (χ1v) is 10.3. The van der Waals surface area contributed by atoms with Crippen LogP contribution in [0.15, 0.2) is 60.0 Å². The van der Waals surface area contributed by atoms with Gasteiger partial charge >= 0.3 is 0 Å². The first-order valence-electron chi connectivity index (χ1n) is 9.30. The standard InChI is InChI=1S/C22H26N2O4S/c1-16-5-4-6-18(11-16)24-10-9-23-22(24)29-15-19(25)14-28-13-17-7-8-20(26-2)21(12-17)27-3/h4-12,19,25H,13-15H2,1-3H3. The van der Waals surface area contributed by atoms with E-state index in [1.807, 2.05) is 41.1 Å². The summed E-state index contributed by atoms with van der Waals surface area (Å²) < 4.78 is 18.2. The van der Waals surface area contributed by atoms with Crippen molar-refractivity contribution >= 4 is 11.8 Å². The first-order chi connectivity index (χ1) is 14.1. The van der Waals surface area contributed by atoms with E-state index in [9.17, 15) is 5.11 Å². The number of aryl methyl sites for hydroxylation is 1. The highest BCUT2D eigenvalue weighted by Gasteiger charge is 2.11. The summed E-state index contributed by atoms with van der Waals surface area (Å²) in [6, 6.07) is 13.9. The van der Waals surface area contributed by atoms with Gasteiger partial charge in [-0.2, -0.15) is 0 Å². The van der Waals surface area contributed by atoms with Crippen LogP contribution in [0.25, 0.3) is 5.69 Å². The number of methoxy groups -OCH3 is 2. The van der Waals surface area contributed by atoms with E-state index in [0.29, 0.717) is 23.9 Å². The van der Waals surface area contributed by atoms with Gasteiger partial charge in [0, 0.05) is 23.8 Å². The molecule has 3 rings (SSSR count). The molecule has 1 atom stereocenters. The van der Waals surface area contributed by atoms with Gasteiger partial charge in [-0.1, -0.05) is 30.0 Å². The first kappa shape index (κ1) is 21.2. The van der Waals surface area contributed by atoms with E-state index >= 15 is 0 Å². The third-order valence-electron chi connectivity index (χ3n) is 4.32. The van der Waals surface area contributed by atoms with E-state index in [-0.39, 0.29) is 6.61 Å². The molecule has 1 heterocycles. The second-order valence-corrected chi connectivity index (χ2v) is 7.58. The molecular formula is C22H26N2O4S. The summed E-state index contributed by atoms with van der Waals surface area (Å²) in [5.41, 5.74) is 3.21. The lowest BCUT2D eigenvalue weighted by Gasteiger charge is -2.13. The van der Waals surface area contributed by atoms with Crippen molar-refractivity contribution in [2.45, 2.75) is 24.8 Å². The highest BCUT2D eigenvalue weighted by atomic mass is 32.2. The van der Waals surface area contributed by atoms with Crippen LogP contribution in [0.3, 0.4) is 0 Å². The number of imidazole rings is 1. The van der Waals surface area contributed by atoms with Crippen molar-refractivity contribution in [1.29, 1.82) is 0 Å². The number of nitrogens with zero attached hydrogens (tertiary/aromatic N) is 2. The molecule has 1 aromatic heterocycles. The fourth-order valence-electron chi connectivity index (χ4n) is 2.87. The Hall–Kier alpha value is -2.48. The van der Waals surface area contributed by atoms with Gasteiger partial charge in [0.25, 0.3) is 0 Å². The zero-order valence-corrected chi connectivity index (χ0v) is 17.7. The summed E-state index contributed by atoms with van der Waals surface area (Å²) in [5.74, 6) is 1.83. The second kappa shape index (κ2) is 10.3. The van der Waals surface area contributed by atoms with E-state index in [4.69, 9.17) is 14.2 Å². The highest BCUT2D eigenvalue weighted by molar-refractivity contribution is 7.99. The number of aliphatic hydroxyl groups is 1. The molecule has 0 bridgehead atoms. The monoisotopic (exact) mass is 414 g/mol. The minimum atomic E-state index is -0.595. The van der Waals surface area contributed by atoms with Crippen LogP contribution in [0.4, 0.5) is 0 Å². The molecule has 1 unspecified atom stereocenters. The van der Waals surface area contributed by atoms with E-state index in [1.54, 1.807) is 20.4 Å². The molecule has 1 N–H and O–H groups in total. The lowest BCUT2D eigenvalue weighted by Crippen LogP contribution is -2.18. The molecule has 0 aliphatic heterocycles. The Morgan fingerprint density at radius 3 is 2.69 bits per heavy atom. The molecule has 0 fully saturated rings. The van der Waals surface area contributed by atoms with Crippen molar-refractivity contribution < 1.29 is 19.3 Å². The highest BCUT2D eigenvalue weighted by Crippen LogP contribution is 2.28. The van der Waals surface area contributed by atoms with E-state index in [2.05, 4.69) is 24.0 Å². The summed E-state index contributed by atoms with van der Waals surface area (Å²) >= 11 is 1.51. The van der Waals surface area contributed by atoms with Gasteiger partial charge < -0.3 is 19.3 Å². The molecule has 29 heavy (non-hydrogen) atoms. The van der Waals surface area contributed by atoms with Gasteiger partial charge in [0.15, 0.2) is 16.7 Å². The van der Waals surface area contributed by atoms with Crippen molar-refractivity contribution in [1.82, 2.24) is 9.55 Å². The summed E-state index contributed by atoms with van der Waals surface area (Å²) in [4.78, 5) is 4.41. The molecule has 0 saturated heterocycles. The van der Waals surface area contributed by atoms with E-state index < -0.39 is 6.10 Å². The Bertz CT molecular complexity index is 929. The number of rotatable bonds is 10. The van der Waals surface area contributed by atoms with Crippen molar-refractivity contribution in [2.24, 2.45) is 0 Å². The SMILES string of the molecule is COc1ccc(COCC(O)CSc2nccn2-c2cccc(C)c2)cc1OC. The molecule has 154 valence electrons. The molecule has 0 aliphatic rings. The molecule has 6 nitrogen and oxygen atoms in total. The maximum absolute atomic E-state index is 10.3. The molecular weight excluding hydrogens is 388 g/mol. The molecule has 0 saturated carbocycles. The molecule has 3 aromatic rings. The average molecular weight is 415 g/mol. The fourth-order valence-corrected chi connectivity index (χ4v) is 3.75. The maximum Gasteiger partial charge on any atom is 0.172 e. The van der Waals surface area contributed by atoms with Gasteiger partial charge in [0.1, 0.15) is 0 Å². The maximum atomic E-state index is 10.3. The number of thioether (sulfide) groups is 1. The van der Waals surface area contributed by atoms with Gasteiger partial charge in [-0.25, -0.2) is 4.98 Å². The Morgan fingerprint density at radius 2 is 1.93 bits per heavy atom. The smallest absolute Gasteiger partial charge is 0.172 e. The Kier molecular flexibility index (Phi) is 7.57. The Morgan fingerprint density at radius 1 is 1.10 bits per heavy atom. The van der Waals surface area contributed by atoms with Crippen LogP contribution in [-0.2, 0) is 11.3 Å². The summed E-state index contributed by atoms with van der Waals surface area (Å²) in [5, 5.41) is 11.1. The van der Waals surface area contributed by atoms with Crippen LogP contribution in [0, 0.1) is 6.92 Å². The Labute approximate surface area is 175 Å². The summed E-state index contributed by atoms with van der Waals surface area (Å²) in [6.45, 7) is 2.69. The van der Waals surface area contributed by atoms with Crippen molar-refractivity contribution in [2.75, 3.05) is 26.6 Å². The third-order valence-corrected chi connectivity index (χ3v) is 5.43. The van der Waals surface area contributed by atoms with Gasteiger partial charge in [-0.15, -0.1) is 0 Å². The lowest BCUT2D eigenvalue weighted by molar-refractivity contribution is 0.0397. The topological polar surface area (TPSA) is 65.7 Å². The van der Waals surface area contributed by atoms with Gasteiger partial charge in [-0.3, -0.25) is 4.57 Å². The molecule has 0 amide bonds. The van der Waals surface area contributed by atoms with E-state index in [0.717, 1.165) is 16.4 Å². The van der Waals surface area contributed by atoms with Crippen LogP contribution < -0.4 is 9.47 Å². The zero-order chi connectivity index (χ0) is 20.6. The van der Waals surface area contributed by atoms with Crippen molar-refractivity contribution in [3.05, 3.63) is 66.0 Å². The fraction of sp³-hybridized carbons (Fsp3) is 0.318. The van der Waals surface area contributed by atoms with Crippen LogP contribution in [0.1, 0.15) is 11.1 Å². The Balaban J connectivity index is 1.49. The molecule has 7 heteroatoms. The lowest BCUT2D eigenvalue weighted by atomic mass is 10.2. The minimum absolute atomic E-state index is 0.243. The normalized spacial score (nSPS) is 12.0. The molecule has 0 radical (unpaired) electrons. The average Bonchev–Trinajstić information content (AvgIpc) is 3.21. The number of benzene rings is 2. The van der Waals surface area contributed by atoms with Gasteiger partial charge in [0.2, 0.25) is 0 Å². The molecule has 0 spiro atoms. The van der Waals surface area contributed by atoms with Gasteiger partial charge in [-0.05, 0) is 42.3 Å². The predicted octanol–water partition coefficient (Wildman–Crippen LogP) is 3.87. The summed E-state index contributed by atoms with van der Waals surface area (Å²) in [7, 11) is 3.20. The van der Waals surface area contributed by atoms with Crippen LogP contribution in [0.5, 0.6) is 11.5 Å². The number of ether oxygens (including phenoxy) is 3. The van der Waals surface area contributed by atoms with Crippen LogP contribution in [0.2, 0.25) is 0 Å². The van der Waals surface area contributed by atoms with Gasteiger partial charge in [0.05, 0.1) is 33.5 Å². The zero-order valence-electron chi connectivity index (χ0n) is 16.9.